The quantitative estimate of drug-likeness (QED) is 0.0975. The van der Waals surface area contributed by atoms with Crippen LogP contribution in [0.15, 0.2) is 59.1 Å². The predicted octanol–water partition coefficient (Wildman–Crippen LogP) is 8.62. The summed E-state index contributed by atoms with van der Waals surface area (Å²) in [6.45, 7) is 8.46. The molecule has 2 aromatic carbocycles. The van der Waals surface area contributed by atoms with Crippen LogP contribution >= 0.6 is 8.92 Å². The van der Waals surface area contributed by atoms with E-state index in [2.05, 4.69) is 27.7 Å². The molecule has 0 bridgehead atoms. The number of unbranched alkanes of at least 4 members (excludes halogenated alkanes) is 2. The number of non-ortho nitro benzene ring substituents is 1. The molecule has 1 aliphatic carbocycles. The van der Waals surface area contributed by atoms with Crippen LogP contribution in [0.1, 0.15) is 75.7 Å². The van der Waals surface area contributed by atoms with E-state index in [1.54, 1.807) is 12.1 Å². The molecular weight excluding hydrogens is 582 g/mol. The molecule has 192 valence electrons. The summed E-state index contributed by atoms with van der Waals surface area (Å²) in [7, 11) is 7.31. The first kappa shape index (κ1) is 28.4. The van der Waals surface area contributed by atoms with Gasteiger partial charge in [-0.05, 0) is 0 Å². The van der Waals surface area contributed by atoms with Crippen LogP contribution in [0.5, 0.6) is 0 Å². The van der Waals surface area contributed by atoms with Crippen molar-refractivity contribution in [2.24, 2.45) is 10.9 Å². The van der Waals surface area contributed by atoms with Crippen molar-refractivity contribution in [3.63, 3.8) is 0 Å². The summed E-state index contributed by atoms with van der Waals surface area (Å²) in [5.41, 5.74) is 3.07. The fourth-order valence-corrected chi connectivity index (χ4v) is 14.6. The van der Waals surface area contributed by atoms with E-state index in [9.17, 15) is 14.9 Å². The van der Waals surface area contributed by atoms with Gasteiger partial charge in [-0.15, -0.1) is 0 Å². The first-order chi connectivity index (χ1) is 17.2. The number of aliphatic imine (C=N–C) groups is 1. The summed E-state index contributed by atoms with van der Waals surface area (Å²) >= 11 is -3.56. The summed E-state index contributed by atoms with van der Waals surface area (Å²) in [4.78, 5) is 29.2. The van der Waals surface area contributed by atoms with Crippen molar-refractivity contribution < 1.29 is 12.8 Å². The number of allylic oxidation sites excluding steroid dienone is 1. The number of hydrogen-bond donors (Lipinski definition) is 0. The summed E-state index contributed by atoms with van der Waals surface area (Å²) in [5.74, 6) is 0.713. The van der Waals surface area contributed by atoms with Gasteiger partial charge in [0.15, 0.2) is 0 Å². The number of nitro benzene ring substituents is 1. The van der Waals surface area contributed by atoms with Crippen LogP contribution in [0.25, 0.3) is 5.76 Å². The molecule has 8 heteroatoms. The van der Waals surface area contributed by atoms with Gasteiger partial charge >= 0.3 is 223 Å². The second-order valence-electron chi connectivity index (χ2n) is 9.70. The Kier molecular flexibility index (Phi) is 10.1. The van der Waals surface area contributed by atoms with Crippen molar-refractivity contribution in [3.8, 4) is 0 Å². The number of benzene rings is 2. The molecule has 0 aliphatic heterocycles. The third kappa shape index (κ3) is 6.97. The van der Waals surface area contributed by atoms with Crippen LogP contribution in [-0.4, -0.2) is 34.1 Å². The molecule has 0 amide bonds. The van der Waals surface area contributed by atoms with Gasteiger partial charge in [0.05, 0.1) is 0 Å². The summed E-state index contributed by atoms with van der Waals surface area (Å²) in [6.07, 6.45) is 4.67. The summed E-state index contributed by atoms with van der Waals surface area (Å²) in [5, 5.41) is 11.1. The molecule has 0 unspecified atom stereocenters. The number of halogens is 1. The zero-order valence-corrected chi connectivity index (χ0v) is 25.2. The van der Waals surface area contributed by atoms with Gasteiger partial charge in [-0.1, -0.05) is 0 Å². The SMILES string of the molecule is CCC[CH2][Sn]([Cl])([CH2]CCC)[O]C1=C(C(CC(C)C)=Nc2ccc([N+](=O)[O-])cc2)C(=O)c2ccccc21. The van der Waals surface area contributed by atoms with E-state index >= 15 is 0 Å². The Morgan fingerprint density at radius 1 is 1.03 bits per heavy atom. The molecule has 3 rings (SSSR count). The molecule has 0 atom stereocenters. The molecule has 36 heavy (non-hydrogen) atoms. The molecule has 0 heterocycles. The Labute approximate surface area is 222 Å². The number of nitro groups is 1. The van der Waals surface area contributed by atoms with Gasteiger partial charge in [0, 0.05) is 0 Å². The third-order valence-corrected chi connectivity index (χ3v) is 17.1. The second kappa shape index (κ2) is 12.9. The maximum absolute atomic E-state index is 13.7. The number of carbonyl (C=O) groups is 1. The van der Waals surface area contributed by atoms with Crippen LogP contribution in [0.3, 0.4) is 0 Å². The number of carbonyl (C=O) groups excluding carboxylic acids is 1. The molecule has 0 N–H and O–H groups in total. The molecule has 2 aromatic rings. The van der Waals surface area contributed by atoms with E-state index in [0.29, 0.717) is 34.7 Å². The monoisotopic (exact) mass is 618 g/mol. The van der Waals surface area contributed by atoms with Crippen molar-refractivity contribution in [1.29, 1.82) is 0 Å². The average molecular weight is 618 g/mol. The Balaban J connectivity index is 2.15. The Hall–Kier alpha value is -2.19. The number of nitrogens with zero attached hydrogens (tertiary/aromatic N) is 2. The number of rotatable bonds is 13. The van der Waals surface area contributed by atoms with Crippen LogP contribution < -0.4 is 0 Å². The maximum atomic E-state index is 13.7. The average Bonchev–Trinajstić information content (AvgIpc) is 3.12. The minimum absolute atomic E-state index is 0.000195. The molecule has 1 aliphatic rings. The Morgan fingerprint density at radius 3 is 2.14 bits per heavy atom. The van der Waals surface area contributed by atoms with Gasteiger partial charge in [-0.2, -0.15) is 0 Å². The van der Waals surface area contributed by atoms with Crippen molar-refractivity contribution in [2.75, 3.05) is 0 Å². The van der Waals surface area contributed by atoms with Crippen molar-refractivity contribution in [2.45, 2.75) is 68.7 Å². The molecule has 6 nitrogen and oxygen atoms in total. The standard InChI is InChI=1S/C20H18N2O4.2C4H9.ClH.Sn/c1-12(2)11-17(21-13-7-9-14(10-8-13)22(25)26)18-19(23)15-5-3-4-6-16(15)20(18)24;2*1-3-4-2;;/h3-10,12,23H,11H2,1-2H3;2*1,3-4H2,2H3;1H;/q;;;;+2/p-2. The van der Waals surface area contributed by atoms with Crippen molar-refractivity contribution in [1.82, 2.24) is 0 Å². The normalized spacial score (nSPS) is 13.9. The number of Topliss-reactive ketones (excluding diaryl/α,β-unsaturated/α-hetero) is 1. The second-order valence-corrected chi connectivity index (χ2v) is 22.8. The zero-order valence-electron chi connectivity index (χ0n) is 21.6. The molecule has 0 saturated carbocycles. The molecular formula is C28H35ClN2O4Sn. The number of fused-ring (bicyclic) bond motifs is 1. The Morgan fingerprint density at radius 2 is 1.61 bits per heavy atom. The van der Waals surface area contributed by atoms with E-state index in [-0.39, 0.29) is 17.4 Å². The van der Waals surface area contributed by atoms with E-state index in [4.69, 9.17) is 17.0 Å². The molecule has 0 spiro atoms. The minimum atomic E-state index is -3.56. The molecule has 0 saturated heterocycles. The fourth-order valence-electron chi connectivity index (χ4n) is 4.31. The topological polar surface area (TPSA) is 81.8 Å². The predicted molar refractivity (Wildman–Crippen MR) is 149 cm³/mol. The van der Waals surface area contributed by atoms with Gasteiger partial charge in [0.2, 0.25) is 0 Å². The van der Waals surface area contributed by atoms with Crippen molar-refractivity contribution >= 4 is 55.2 Å². The van der Waals surface area contributed by atoms with Crippen LogP contribution in [0.4, 0.5) is 11.4 Å². The molecule has 0 aromatic heterocycles. The van der Waals surface area contributed by atoms with Crippen LogP contribution in [0, 0.1) is 16.0 Å². The van der Waals surface area contributed by atoms with Crippen LogP contribution in [-0.2, 0) is 3.07 Å². The van der Waals surface area contributed by atoms with Gasteiger partial charge in [0.1, 0.15) is 0 Å². The fraction of sp³-hybridized carbons (Fsp3) is 0.429. The number of ketones is 1. The first-order valence-corrected chi connectivity index (χ1v) is 21.6. The zero-order chi connectivity index (χ0) is 26.3. The summed E-state index contributed by atoms with van der Waals surface area (Å²) in [6, 6.07) is 13.6. The molecule has 0 fully saturated rings. The Bertz CT molecular complexity index is 1150. The number of hydrogen-bond acceptors (Lipinski definition) is 5. The third-order valence-electron chi connectivity index (χ3n) is 6.18. The van der Waals surface area contributed by atoms with Gasteiger partial charge in [0.25, 0.3) is 0 Å². The van der Waals surface area contributed by atoms with Crippen LogP contribution in [0.2, 0.25) is 8.87 Å². The van der Waals surface area contributed by atoms with Gasteiger partial charge < -0.3 is 0 Å². The van der Waals surface area contributed by atoms with Crippen molar-refractivity contribution in [3.05, 3.63) is 75.3 Å². The van der Waals surface area contributed by atoms with E-state index in [0.717, 1.165) is 40.1 Å². The van der Waals surface area contributed by atoms with Gasteiger partial charge in [-0.25, -0.2) is 0 Å². The molecule has 0 radical (unpaired) electrons. The van der Waals surface area contributed by atoms with Gasteiger partial charge in [-0.3, -0.25) is 0 Å². The summed E-state index contributed by atoms with van der Waals surface area (Å²) < 4.78 is 8.60. The first-order valence-electron chi connectivity index (χ1n) is 12.8. The van der Waals surface area contributed by atoms with E-state index < -0.39 is 22.6 Å². The van der Waals surface area contributed by atoms with E-state index in [1.807, 2.05) is 24.3 Å². The van der Waals surface area contributed by atoms with E-state index in [1.165, 1.54) is 12.1 Å².